The molecule has 1 aromatic heterocycles. The molecule has 2 amide bonds. The van der Waals surface area contributed by atoms with Crippen molar-refractivity contribution in [2.75, 3.05) is 33.1 Å². The molecule has 1 N–H and O–H groups in total. The van der Waals surface area contributed by atoms with Gasteiger partial charge in [-0.3, -0.25) is 9.59 Å². The number of rotatable bonds is 11. The second-order valence-electron chi connectivity index (χ2n) is 6.94. The van der Waals surface area contributed by atoms with E-state index in [1.807, 2.05) is 17.5 Å². The van der Waals surface area contributed by atoms with Crippen molar-refractivity contribution in [3.05, 3.63) is 46.2 Å². The average Bonchev–Trinajstić information content (AvgIpc) is 3.51. The maximum atomic E-state index is 12.3. The zero-order valence-corrected chi connectivity index (χ0v) is 19.2. The Kier molecular flexibility index (Phi) is 8.64. The Labute approximate surface area is 195 Å². The van der Waals surface area contributed by atoms with Gasteiger partial charge in [-0.2, -0.15) is 0 Å². The molecule has 3 rings (SSSR count). The van der Waals surface area contributed by atoms with Gasteiger partial charge in [-0.1, -0.05) is 11.2 Å². The Balaban J connectivity index is 1.37. The van der Waals surface area contributed by atoms with Crippen LogP contribution in [0.5, 0.6) is 11.5 Å². The molecule has 0 radical (unpaired) electrons. The molecule has 0 bridgehead atoms. The lowest BCUT2D eigenvalue weighted by molar-refractivity contribution is -0.156. The first-order valence-corrected chi connectivity index (χ1v) is 11.1. The van der Waals surface area contributed by atoms with Crippen LogP contribution in [0.1, 0.15) is 24.3 Å². The molecule has 0 saturated heterocycles. The highest BCUT2D eigenvalue weighted by molar-refractivity contribution is 7.09. The highest BCUT2D eigenvalue weighted by Gasteiger charge is 2.18. The zero-order valence-electron chi connectivity index (χ0n) is 18.4. The molecule has 0 spiro atoms. The summed E-state index contributed by atoms with van der Waals surface area (Å²) in [5.74, 6) is -0.245. The summed E-state index contributed by atoms with van der Waals surface area (Å²) in [5, 5.41) is 8.57. The summed E-state index contributed by atoms with van der Waals surface area (Å²) < 4.78 is 15.5. The van der Waals surface area contributed by atoms with Gasteiger partial charge in [-0.25, -0.2) is 4.79 Å². The van der Waals surface area contributed by atoms with Gasteiger partial charge in [0.15, 0.2) is 18.1 Å². The minimum absolute atomic E-state index is 0.117. The number of esters is 1. The number of likely N-dealkylation sites (N-methyl/N-ethyl adjacent to an activating group) is 1. The van der Waals surface area contributed by atoms with E-state index in [2.05, 4.69) is 10.5 Å². The van der Waals surface area contributed by atoms with E-state index in [1.165, 1.54) is 16.2 Å². The Morgan fingerprint density at radius 2 is 2.00 bits per heavy atom. The number of hydrogen-bond donors (Lipinski definition) is 1. The number of nitrogens with one attached hydrogen (secondary N) is 1. The summed E-state index contributed by atoms with van der Waals surface area (Å²) >= 11 is 1.53. The molecule has 0 aliphatic carbocycles. The Hall–Kier alpha value is -3.60. The quantitative estimate of drug-likeness (QED) is 0.300. The van der Waals surface area contributed by atoms with Gasteiger partial charge in [-0.05, 0) is 43.5 Å². The zero-order chi connectivity index (χ0) is 23.6. The molecule has 33 heavy (non-hydrogen) atoms. The molecular formula is C22H25N3O7S. The molecule has 1 aliphatic rings. The smallest absolute Gasteiger partial charge is 0.347 e. The highest BCUT2D eigenvalue weighted by atomic mass is 32.1. The molecule has 176 valence electrons. The van der Waals surface area contributed by atoms with Gasteiger partial charge in [0.05, 0.1) is 18.8 Å². The fourth-order valence-electron chi connectivity index (χ4n) is 2.84. The lowest BCUT2D eigenvalue weighted by atomic mass is 10.1. The molecule has 0 unspecified atom stereocenters. The third-order valence-electron chi connectivity index (χ3n) is 4.64. The first kappa shape index (κ1) is 24.1. The fourth-order valence-corrected chi connectivity index (χ4v) is 3.48. The maximum absolute atomic E-state index is 12.3. The van der Waals surface area contributed by atoms with Crippen molar-refractivity contribution in [2.24, 2.45) is 5.16 Å². The van der Waals surface area contributed by atoms with Gasteiger partial charge in [0.2, 0.25) is 19.3 Å². The van der Waals surface area contributed by atoms with Crippen LogP contribution in [0.15, 0.2) is 40.9 Å². The van der Waals surface area contributed by atoms with Crippen LogP contribution in [0, 0.1) is 0 Å². The number of carbonyl (C=O) groups excluding carboxylic acids is 3. The van der Waals surface area contributed by atoms with Gasteiger partial charge < -0.3 is 29.3 Å². The van der Waals surface area contributed by atoms with E-state index in [-0.39, 0.29) is 19.2 Å². The molecule has 10 nitrogen and oxygen atoms in total. The van der Waals surface area contributed by atoms with Crippen LogP contribution >= 0.6 is 11.3 Å². The Morgan fingerprint density at radius 1 is 1.18 bits per heavy atom. The second kappa shape index (κ2) is 11.9. The normalized spacial score (nSPS) is 12.2. The Bertz CT molecular complexity index is 1010. The minimum Gasteiger partial charge on any atom is -0.454 e. The summed E-state index contributed by atoms with van der Waals surface area (Å²) in [7, 11) is 0. The number of amides is 2. The van der Waals surface area contributed by atoms with Crippen molar-refractivity contribution >= 4 is 34.8 Å². The SMILES string of the molecule is CCN(CC(=O)NCc1cccs1)C(=O)COC(=O)CO/N=C(\C)c1ccc2c(c1)OCO2. The van der Waals surface area contributed by atoms with E-state index in [0.717, 1.165) is 10.4 Å². The number of oxime groups is 1. The largest absolute Gasteiger partial charge is 0.454 e. The third-order valence-corrected chi connectivity index (χ3v) is 5.52. The fraction of sp³-hybridized carbons (Fsp3) is 0.364. The van der Waals surface area contributed by atoms with Crippen molar-refractivity contribution in [2.45, 2.75) is 20.4 Å². The standard InChI is InChI=1S/C22H25N3O7S/c1-3-25(11-20(26)23-10-17-5-4-8-33-17)21(27)12-29-22(28)13-32-24-15(2)16-6-7-18-19(9-16)31-14-30-18/h4-9H,3,10-14H2,1-2H3,(H,23,26)/b24-15+. The van der Waals surface area contributed by atoms with Gasteiger partial charge in [-0.15, -0.1) is 11.3 Å². The van der Waals surface area contributed by atoms with Gasteiger partial charge >= 0.3 is 5.97 Å². The maximum Gasteiger partial charge on any atom is 0.347 e. The summed E-state index contributed by atoms with van der Waals surface area (Å²) in [6.45, 7) is 3.28. The number of benzene rings is 1. The van der Waals surface area contributed by atoms with E-state index in [0.29, 0.717) is 30.3 Å². The molecule has 11 heteroatoms. The first-order valence-electron chi connectivity index (χ1n) is 10.2. The molecule has 2 aromatic rings. The van der Waals surface area contributed by atoms with Gasteiger partial charge in [0.25, 0.3) is 5.91 Å². The monoisotopic (exact) mass is 475 g/mol. The van der Waals surface area contributed by atoms with Crippen molar-refractivity contribution in [3.8, 4) is 11.5 Å². The van der Waals surface area contributed by atoms with Crippen molar-refractivity contribution in [1.82, 2.24) is 10.2 Å². The minimum atomic E-state index is -0.746. The number of hydrogen-bond acceptors (Lipinski definition) is 9. The van der Waals surface area contributed by atoms with Crippen LogP contribution in [-0.4, -0.2) is 61.5 Å². The van der Waals surface area contributed by atoms with Crippen LogP contribution in [0.4, 0.5) is 0 Å². The molecule has 1 aromatic carbocycles. The van der Waals surface area contributed by atoms with Gasteiger partial charge in [0, 0.05) is 17.0 Å². The number of thiophene rings is 1. The van der Waals surface area contributed by atoms with Crippen LogP contribution in [-0.2, 0) is 30.5 Å². The van der Waals surface area contributed by atoms with E-state index in [9.17, 15) is 14.4 Å². The number of fused-ring (bicyclic) bond motifs is 1. The average molecular weight is 476 g/mol. The van der Waals surface area contributed by atoms with Crippen LogP contribution in [0.3, 0.4) is 0 Å². The number of carbonyl (C=O) groups is 3. The predicted octanol–water partition coefficient (Wildman–Crippen LogP) is 1.93. The van der Waals surface area contributed by atoms with Crippen LogP contribution in [0.25, 0.3) is 0 Å². The first-order chi connectivity index (χ1) is 16.0. The second-order valence-corrected chi connectivity index (χ2v) is 7.98. The Morgan fingerprint density at radius 3 is 2.76 bits per heavy atom. The topological polar surface area (TPSA) is 116 Å². The lowest BCUT2D eigenvalue weighted by Gasteiger charge is -2.20. The summed E-state index contributed by atoms with van der Waals surface area (Å²) in [6, 6.07) is 9.13. The highest BCUT2D eigenvalue weighted by Crippen LogP contribution is 2.32. The van der Waals surface area contributed by atoms with E-state index in [1.54, 1.807) is 32.0 Å². The lowest BCUT2D eigenvalue weighted by Crippen LogP contribution is -2.42. The third kappa shape index (κ3) is 7.21. The molecule has 0 fully saturated rings. The van der Waals surface area contributed by atoms with Crippen LogP contribution < -0.4 is 14.8 Å². The van der Waals surface area contributed by atoms with E-state index >= 15 is 0 Å². The van der Waals surface area contributed by atoms with Crippen molar-refractivity contribution in [3.63, 3.8) is 0 Å². The summed E-state index contributed by atoms with van der Waals surface area (Å²) in [4.78, 5) is 43.6. The van der Waals surface area contributed by atoms with Crippen molar-refractivity contribution < 1.29 is 33.4 Å². The summed E-state index contributed by atoms with van der Waals surface area (Å²) in [5.41, 5.74) is 1.28. The van der Waals surface area contributed by atoms with Crippen molar-refractivity contribution in [1.29, 1.82) is 0 Å². The number of nitrogens with zero attached hydrogens (tertiary/aromatic N) is 2. The van der Waals surface area contributed by atoms with Gasteiger partial charge in [0.1, 0.15) is 0 Å². The molecule has 0 saturated carbocycles. The molecular weight excluding hydrogens is 450 g/mol. The molecule has 1 aliphatic heterocycles. The van der Waals surface area contributed by atoms with Crippen LogP contribution in [0.2, 0.25) is 0 Å². The molecule has 2 heterocycles. The molecule has 0 atom stereocenters. The summed E-state index contributed by atoms with van der Waals surface area (Å²) in [6.07, 6.45) is 0. The van der Waals surface area contributed by atoms with E-state index < -0.39 is 25.1 Å². The number of ether oxygens (including phenoxy) is 3. The predicted molar refractivity (Wildman–Crippen MR) is 120 cm³/mol. The van der Waals surface area contributed by atoms with E-state index in [4.69, 9.17) is 19.0 Å².